The predicted octanol–water partition coefficient (Wildman–Crippen LogP) is 3.00. The van der Waals surface area contributed by atoms with Gasteiger partial charge in [0.15, 0.2) is 0 Å². The lowest BCUT2D eigenvalue weighted by Gasteiger charge is -2.29. The molecule has 4 heteroatoms. The molecule has 0 heterocycles. The van der Waals surface area contributed by atoms with Crippen LogP contribution in [-0.2, 0) is 4.79 Å². The fourth-order valence-electron chi connectivity index (χ4n) is 2.64. The molecule has 1 aromatic carbocycles. The second kappa shape index (κ2) is 5.86. The molecule has 1 aliphatic rings. The van der Waals surface area contributed by atoms with Gasteiger partial charge in [0.2, 0.25) is 5.91 Å². The maximum atomic E-state index is 12.4. The molecule has 2 atom stereocenters. The number of amides is 1. The molecule has 1 aromatic rings. The zero-order valence-electron chi connectivity index (χ0n) is 12.4. The molecule has 0 radical (unpaired) electrons. The fourth-order valence-corrected chi connectivity index (χ4v) is 3.06. The first-order valence-corrected chi connectivity index (χ1v) is 7.84. The molecule has 0 spiro atoms. The molecule has 2 rings (SSSR count). The summed E-state index contributed by atoms with van der Waals surface area (Å²) in [6.45, 7) is 5.49. The first-order chi connectivity index (χ1) is 9.34. The van der Waals surface area contributed by atoms with Crippen molar-refractivity contribution in [2.24, 2.45) is 17.1 Å². The topological polar surface area (TPSA) is 46.3 Å². The van der Waals surface area contributed by atoms with E-state index < -0.39 is 0 Å². The van der Waals surface area contributed by atoms with Crippen LogP contribution in [0, 0.1) is 11.3 Å². The Morgan fingerprint density at radius 1 is 1.50 bits per heavy atom. The number of carbonyl (C=O) groups is 1. The van der Waals surface area contributed by atoms with Crippen molar-refractivity contribution in [2.45, 2.75) is 26.2 Å². The smallest absolute Gasteiger partial charge is 0.226 e. The van der Waals surface area contributed by atoms with E-state index in [0.29, 0.717) is 19.0 Å². The van der Waals surface area contributed by atoms with E-state index in [1.54, 1.807) is 0 Å². The molecule has 2 unspecified atom stereocenters. The highest BCUT2D eigenvalue weighted by Crippen LogP contribution is 2.48. The largest absolute Gasteiger partial charge is 0.345 e. The van der Waals surface area contributed by atoms with Gasteiger partial charge in [0, 0.05) is 24.0 Å². The molecule has 1 saturated carbocycles. The van der Waals surface area contributed by atoms with Gasteiger partial charge in [0.25, 0.3) is 0 Å². The lowest BCUT2D eigenvalue weighted by Crippen LogP contribution is -2.40. The van der Waals surface area contributed by atoms with Gasteiger partial charge < -0.3 is 10.6 Å². The van der Waals surface area contributed by atoms with Crippen molar-refractivity contribution in [3.63, 3.8) is 0 Å². The lowest BCUT2D eigenvalue weighted by molar-refractivity contribution is -0.132. The number of hydrogen-bond acceptors (Lipinski definition) is 2. The Kier molecular flexibility index (Phi) is 4.55. The molecule has 1 aliphatic carbocycles. The molecule has 0 bridgehead atoms. The van der Waals surface area contributed by atoms with E-state index in [9.17, 15) is 4.79 Å². The average Bonchev–Trinajstić information content (AvgIpc) is 3.17. The van der Waals surface area contributed by atoms with Gasteiger partial charge in [-0.15, -0.1) is 0 Å². The van der Waals surface area contributed by atoms with E-state index in [1.165, 1.54) is 5.56 Å². The molecule has 1 amide bonds. The summed E-state index contributed by atoms with van der Waals surface area (Å²) in [6.07, 6.45) is 0.961. The Labute approximate surface area is 129 Å². The summed E-state index contributed by atoms with van der Waals surface area (Å²) < 4.78 is 1.07. The predicted molar refractivity (Wildman–Crippen MR) is 85.5 cm³/mol. The van der Waals surface area contributed by atoms with E-state index in [-0.39, 0.29) is 17.2 Å². The van der Waals surface area contributed by atoms with E-state index in [2.05, 4.69) is 41.9 Å². The number of rotatable bonds is 5. The standard InChI is InChI=1S/C16H23BrN2O/c1-16(2,9-18)10-19(3)15(20)14-8-13(14)11-5-4-6-12(17)7-11/h4-7,13-14H,8-10,18H2,1-3H3. The van der Waals surface area contributed by atoms with Crippen LogP contribution >= 0.6 is 15.9 Å². The van der Waals surface area contributed by atoms with Gasteiger partial charge in [-0.25, -0.2) is 0 Å². The van der Waals surface area contributed by atoms with Crippen molar-refractivity contribution in [3.8, 4) is 0 Å². The van der Waals surface area contributed by atoms with Crippen LogP contribution in [0.5, 0.6) is 0 Å². The Morgan fingerprint density at radius 3 is 2.80 bits per heavy atom. The third kappa shape index (κ3) is 3.61. The summed E-state index contributed by atoms with van der Waals surface area (Å²) in [5.74, 6) is 0.766. The highest BCUT2D eigenvalue weighted by Gasteiger charge is 2.45. The Bertz CT molecular complexity index is 501. The van der Waals surface area contributed by atoms with E-state index in [1.807, 2.05) is 24.1 Å². The molecule has 1 fully saturated rings. The van der Waals surface area contributed by atoms with Crippen molar-refractivity contribution in [1.82, 2.24) is 4.90 Å². The van der Waals surface area contributed by atoms with Crippen molar-refractivity contribution in [1.29, 1.82) is 0 Å². The van der Waals surface area contributed by atoms with Crippen molar-refractivity contribution in [2.75, 3.05) is 20.1 Å². The average molecular weight is 339 g/mol. The van der Waals surface area contributed by atoms with Crippen LogP contribution in [0.1, 0.15) is 31.7 Å². The zero-order chi connectivity index (χ0) is 14.9. The van der Waals surface area contributed by atoms with Gasteiger partial charge in [0.05, 0.1) is 0 Å². The SMILES string of the molecule is CN(CC(C)(C)CN)C(=O)C1CC1c1cccc(Br)c1. The Hall–Kier alpha value is -0.870. The van der Waals surface area contributed by atoms with Crippen molar-refractivity contribution in [3.05, 3.63) is 34.3 Å². The molecule has 3 nitrogen and oxygen atoms in total. The summed E-state index contributed by atoms with van der Waals surface area (Å²) in [4.78, 5) is 14.3. The molecule has 2 N–H and O–H groups in total. The normalized spacial score (nSPS) is 21.6. The van der Waals surface area contributed by atoms with Gasteiger partial charge in [-0.2, -0.15) is 0 Å². The third-order valence-corrected chi connectivity index (χ3v) is 4.47. The van der Waals surface area contributed by atoms with Gasteiger partial charge in [0.1, 0.15) is 0 Å². The minimum absolute atomic E-state index is 0.0232. The van der Waals surface area contributed by atoms with E-state index in [0.717, 1.165) is 10.9 Å². The maximum Gasteiger partial charge on any atom is 0.226 e. The second-order valence-corrected chi connectivity index (χ2v) is 7.48. The number of nitrogens with two attached hydrogens (primary N) is 1. The molecule has 0 saturated heterocycles. The van der Waals surface area contributed by atoms with Crippen LogP contribution in [0.2, 0.25) is 0 Å². The van der Waals surface area contributed by atoms with Crippen LogP contribution in [-0.4, -0.2) is 30.9 Å². The van der Waals surface area contributed by atoms with Gasteiger partial charge in [-0.3, -0.25) is 4.79 Å². The molecule has 0 aliphatic heterocycles. The summed E-state index contributed by atoms with van der Waals surface area (Å²) >= 11 is 3.48. The number of carbonyl (C=O) groups excluding carboxylic acids is 1. The molecule has 0 aromatic heterocycles. The van der Waals surface area contributed by atoms with Crippen molar-refractivity contribution >= 4 is 21.8 Å². The summed E-state index contributed by atoms with van der Waals surface area (Å²) in [7, 11) is 1.88. The minimum Gasteiger partial charge on any atom is -0.345 e. The van der Waals surface area contributed by atoms with Crippen LogP contribution in [0.25, 0.3) is 0 Å². The second-order valence-electron chi connectivity index (χ2n) is 6.57. The molecular weight excluding hydrogens is 316 g/mol. The minimum atomic E-state index is -0.0232. The quantitative estimate of drug-likeness (QED) is 0.896. The molecule has 20 heavy (non-hydrogen) atoms. The van der Waals surface area contributed by atoms with Gasteiger partial charge >= 0.3 is 0 Å². The third-order valence-electron chi connectivity index (χ3n) is 3.98. The lowest BCUT2D eigenvalue weighted by atomic mass is 9.93. The summed E-state index contributed by atoms with van der Waals surface area (Å²) in [6, 6.07) is 8.26. The van der Waals surface area contributed by atoms with E-state index >= 15 is 0 Å². The van der Waals surface area contributed by atoms with E-state index in [4.69, 9.17) is 5.73 Å². The maximum absolute atomic E-state index is 12.4. The Morgan fingerprint density at radius 2 is 2.20 bits per heavy atom. The fraction of sp³-hybridized carbons (Fsp3) is 0.562. The van der Waals surface area contributed by atoms with Gasteiger partial charge in [-0.1, -0.05) is 41.9 Å². The number of nitrogens with zero attached hydrogens (tertiary/aromatic N) is 1. The number of hydrogen-bond donors (Lipinski definition) is 1. The van der Waals surface area contributed by atoms with Crippen LogP contribution in [0.15, 0.2) is 28.7 Å². The first kappa shape index (κ1) is 15.5. The zero-order valence-corrected chi connectivity index (χ0v) is 14.0. The Balaban J connectivity index is 1.96. The summed E-state index contributed by atoms with van der Waals surface area (Å²) in [5.41, 5.74) is 6.97. The van der Waals surface area contributed by atoms with Crippen LogP contribution in [0.4, 0.5) is 0 Å². The number of halogens is 1. The highest BCUT2D eigenvalue weighted by atomic mass is 79.9. The number of benzene rings is 1. The molecule has 110 valence electrons. The molecular formula is C16H23BrN2O. The van der Waals surface area contributed by atoms with Crippen LogP contribution < -0.4 is 5.73 Å². The van der Waals surface area contributed by atoms with Crippen LogP contribution in [0.3, 0.4) is 0 Å². The monoisotopic (exact) mass is 338 g/mol. The van der Waals surface area contributed by atoms with Crippen molar-refractivity contribution < 1.29 is 4.79 Å². The van der Waals surface area contributed by atoms with Gasteiger partial charge in [-0.05, 0) is 42.0 Å². The first-order valence-electron chi connectivity index (χ1n) is 7.04. The highest BCUT2D eigenvalue weighted by molar-refractivity contribution is 9.10. The summed E-state index contributed by atoms with van der Waals surface area (Å²) in [5, 5.41) is 0.